The van der Waals surface area contributed by atoms with Crippen LogP contribution in [0.3, 0.4) is 0 Å². The molecule has 1 saturated heterocycles. The second kappa shape index (κ2) is 9.65. The zero-order valence-electron chi connectivity index (χ0n) is 17.3. The second-order valence-electron chi connectivity index (χ2n) is 7.44. The molecule has 2 aromatic rings. The van der Waals surface area contributed by atoms with E-state index in [1.807, 2.05) is 30.3 Å². The SMILES string of the molecule is Cc1nn(Cc2ccccc2)c(Cl)c1C=CC(=O)OCC(=O)N(C)C1CCS(=O)(=O)C1. The van der Waals surface area contributed by atoms with Crippen molar-refractivity contribution in [3.63, 3.8) is 0 Å². The van der Waals surface area contributed by atoms with Crippen molar-refractivity contribution in [2.45, 2.75) is 25.9 Å². The van der Waals surface area contributed by atoms with Gasteiger partial charge in [0.15, 0.2) is 16.4 Å². The van der Waals surface area contributed by atoms with Crippen molar-refractivity contribution in [2.24, 2.45) is 0 Å². The number of aromatic nitrogens is 2. The highest BCUT2D eigenvalue weighted by Crippen LogP contribution is 2.22. The molecule has 1 aromatic carbocycles. The van der Waals surface area contributed by atoms with Crippen LogP contribution in [0.4, 0.5) is 0 Å². The number of ether oxygens (including phenoxy) is 1. The lowest BCUT2D eigenvalue weighted by molar-refractivity contribution is -0.148. The monoisotopic (exact) mass is 465 g/mol. The summed E-state index contributed by atoms with van der Waals surface area (Å²) in [6.07, 6.45) is 3.09. The van der Waals surface area contributed by atoms with Crippen LogP contribution in [0.15, 0.2) is 36.4 Å². The first-order valence-electron chi connectivity index (χ1n) is 9.74. The van der Waals surface area contributed by atoms with Crippen LogP contribution in [0, 0.1) is 6.92 Å². The fourth-order valence-corrected chi connectivity index (χ4v) is 5.41. The lowest BCUT2D eigenvalue weighted by Gasteiger charge is -2.22. The standard InChI is InChI=1S/C21H24ClN3O5S/c1-15-18(21(22)25(23-15)12-16-6-4-3-5-7-16)8-9-20(27)30-13-19(26)24(2)17-10-11-31(28,29)14-17/h3-9,17H,10-14H2,1-2H3. The minimum absolute atomic E-state index is 0.0617. The topological polar surface area (TPSA) is 98.6 Å². The van der Waals surface area contributed by atoms with Crippen molar-refractivity contribution < 1.29 is 22.7 Å². The molecule has 10 heteroatoms. The van der Waals surface area contributed by atoms with Gasteiger partial charge in [-0.15, -0.1) is 0 Å². The fourth-order valence-electron chi connectivity index (χ4n) is 3.34. The van der Waals surface area contributed by atoms with Crippen LogP contribution < -0.4 is 0 Å². The number of rotatable bonds is 7. The number of nitrogens with zero attached hydrogens (tertiary/aromatic N) is 3. The van der Waals surface area contributed by atoms with E-state index in [1.165, 1.54) is 24.1 Å². The summed E-state index contributed by atoms with van der Waals surface area (Å²) < 4.78 is 29.8. The number of aryl methyl sites for hydroxylation is 1. The maximum Gasteiger partial charge on any atom is 0.331 e. The van der Waals surface area contributed by atoms with Crippen molar-refractivity contribution in [3.8, 4) is 0 Å². The first-order valence-corrected chi connectivity index (χ1v) is 11.9. The molecule has 166 valence electrons. The molecule has 8 nitrogen and oxygen atoms in total. The number of esters is 1. The molecule has 0 bridgehead atoms. The third-order valence-electron chi connectivity index (χ3n) is 5.16. The molecule has 31 heavy (non-hydrogen) atoms. The highest BCUT2D eigenvalue weighted by molar-refractivity contribution is 7.91. The Morgan fingerprint density at radius 1 is 1.32 bits per heavy atom. The Labute approximate surface area is 186 Å². The number of likely N-dealkylation sites (N-methyl/N-ethyl adjacent to an activating group) is 1. The summed E-state index contributed by atoms with van der Waals surface area (Å²) in [5.74, 6) is -1.15. The molecule has 0 aliphatic carbocycles. The molecule has 1 aliphatic rings. The van der Waals surface area contributed by atoms with E-state index in [-0.39, 0.29) is 17.5 Å². The number of carbonyl (C=O) groups is 2. The lowest BCUT2D eigenvalue weighted by Crippen LogP contribution is -2.40. The number of hydrogen-bond donors (Lipinski definition) is 0. The Kier molecular flexibility index (Phi) is 7.17. The smallest absolute Gasteiger partial charge is 0.331 e. The summed E-state index contributed by atoms with van der Waals surface area (Å²) in [5, 5.41) is 4.80. The van der Waals surface area contributed by atoms with E-state index < -0.39 is 28.3 Å². The first kappa shape index (κ1) is 23.0. The van der Waals surface area contributed by atoms with Crippen LogP contribution >= 0.6 is 11.6 Å². The highest BCUT2D eigenvalue weighted by Gasteiger charge is 2.32. The summed E-state index contributed by atoms with van der Waals surface area (Å²) in [4.78, 5) is 25.6. The van der Waals surface area contributed by atoms with Gasteiger partial charge in [-0.25, -0.2) is 17.9 Å². The van der Waals surface area contributed by atoms with E-state index in [2.05, 4.69) is 5.10 Å². The normalized spacial score (nSPS) is 17.7. The molecule has 0 saturated carbocycles. The van der Waals surface area contributed by atoms with Gasteiger partial charge in [0, 0.05) is 24.7 Å². The van der Waals surface area contributed by atoms with Crippen LogP contribution in [0.1, 0.15) is 23.2 Å². The molecule has 1 unspecified atom stereocenters. The number of benzene rings is 1. The molecule has 1 amide bonds. The Morgan fingerprint density at radius 3 is 2.68 bits per heavy atom. The predicted molar refractivity (Wildman–Crippen MR) is 117 cm³/mol. The van der Waals surface area contributed by atoms with E-state index in [0.29, 0.717) is 29.4 Å². The van der Waals surface area contributed by atoms with Crippen molar-refractivity contribution in [1.82, 2.24) is 14.7 Å². The summed E-state index contributed by atoms with van der Waals surface area (Å²) in [6, 6.07) is 9.34. The Bertz CT molecular complexity index is 1100. The fraction of sp³-hybridized carbons (Fsp3) is 0.381. The largest absolute Gasteiger partial charge is 0.452 e. The van der Waals surface area contributed by atoms with Gasteiger partial charge in [0.1, 0.15) is 5.15 Å². The van der Waals surface area contributed by atoms with E-state index in [1.54, 1.807) is 11.6 Å². The summed E-state index contributed by atoms with van der Waals surface area (Å²) in [6.45, 7) is 1.82. The Hall–Kier alpha value is -2.65. The molecular formula is C21H24ClN3O5S. The number of hydrogen-bond acceptors (Lipinski definition) is 6. The van der Waals surface area contributed by atoms with Crippen molar-refractivity contribution >= 4 is 39.4 Å². The quantitative estimate of drug-likeness (QED) is 0.458. The van der Waals surface area contributed by atoms with Gasteiger partial charge in [-0.2, -0.15) is 5.10 Å². The summed E-state index contributed by atoms with van der Waals surface area (Å²) in [7, 11) is -1.59. The lowest BCUT2D eigenvalue weighted by atomic mass is 10.2. The molecule has 1 aliphatic heterocycles. The van der Waals surface area contributed by atoms with Crippen molar-refractivity contribution in [1.29, 1.82) is 0 Å². The van der Waals surface area contributed by atoms with Gasteiger partial charge in [-0.05, 0) is 25.0 Å². The van der Waals surface area contributed by atoms with Crippen LogP contribution in [0.5, 0.6) is 0 Å². The molecule has 0 radical (unpaired) electrons. The molecule has 2 heterocycles. The number of halogens is 1. The van der Waals surface area contributed by atoms with Gasteiger partial charge in [-0.3, -0.25) is 4.79 Å². The van der Waals surface area contributed by atoms with Gasteiger partial charge in [0.2, 0.25) is 0 Å². The predicted octanol–water partition coefficient (Wildman–Crippen LogP) is 2.10. The minimum Gasteiger partial charge on any atom is -0.452 e. The molecule has 3 rings (SSSR count). The van der Waals surface area contributed by atoms with E-state index in [4.69, 9.17) is 16.3 Å². The van der Waals surface area contributed by atoms with E-state index in [0.717, 1.165) is 5.56 Å². The van der Waals surface area contributed by atoms with Crippen LogP contribution in [0.2, 0.25) is 5.15 Å². The number of amides is 1. The molecule has 1 fully saturated rings. The highest BCUT2D eigenvalue weighted by atomic mass is 35.5. The van der Waals surface area contributed by atoms with Crippen molar-refractivity contribution in [3.05, 3.63) is 58.4 Å². The molecular weight excluding hydrogens is 442 g/mol. The van der Waals surface area contributed by atoms with Crippen LogP contribution in [-0.4, -0.2) is 66.2 Å². The Balaban J connectivity index is 1.56. The molecule has 1 atom stereocenters. The number of sulfone groups is 1. The zero-order chi connectivity index (χ0) is 22.6. The maximum atomic E-state index is 12.2. The van der Waals surface area contributed by atoms with Gasteiger partial charge in [0.05, 0.1) is 23.7 Å². The first-order chi connectivity index (χ1) is 14.7. The summed E-state index contributed by atoms with van der Waals surface area (Å²) in [5.41, 5.74) is 2.29. The minimum atomic E-state index is -3.10. The zero-order valence-corrected chi connectivity index (χ0v) is 18.9. The summed E-state index contributed by atoms with van der Waals surface area (Å²) >= 11 is 6.42. The average Bonchev–Trinajstić information content (AvgIpc) is 3.23. The van der Waals surface area contributed by atoms with Crippen LogP contribution in [0.25, 0.3) is 6.08 Å². The maximum absolute atomic E-state index is 12.2. The van der Waals surface area contributed by atoms with Gasteiger partial charge in [-0.1, -0.05) is 41.9 Å². The Morgan fingerprint density at radius 2 is 2.03 bits per heavy atom. The van der Waals surface area contributed by atoms with Gasteiger partial charge < -0.3 is 9.64 Å². The second-order valence-corrected chi connectivity index (χ2v) is 10.0. The van der Waals surface area contributed by atoms with Gasteiger partial charge in [0.25, 0.3) is 5.91 Å². The molecule has 1 aromatic heterocycles. The van der Waals surface area contributed by atoms with E-state index >= 15 is 0 Å². The van der Waals surface area contributed by atoms with Crippen molar-refractivity contribution in [2.75, 3.05) is 25.2 Å². The number of carbonyl (C=O) groups excluding carboxylic acids is 2. The third-order valence-corrected chi connectivity index (χ3v) is 7.31. The average molecular weight is 466 g/mol. The third kappa shape index (κ3) is 5.95. The van der Waals surface area contributed by atoms with E-state index in [9.17, 15) is 18.0 Å². The van der Waals surface area contributed by atoms with Crippen LogP contribution in [-0.2, 0) is 30.7 Å². The van der Waals surface area contributed by atoms with Gasteiger partial charge >= 0.3 is 5.97 Å². The molecule has 0 spiro atoms. The molecule has 0 N–H and O–H groups in total.